The molecule has 0 amide bonds. The fraction of sp³-hybridized carbons (Fsp3) is 0.500. The number of nitrogens with two attached hydrogens (primary N) is 1. The number of imidazole rings is 1. The second-order valence-electron chi connectivity index (χ2n) is 2.51. The molecule has 0 saturated heterocycles. The summed E-state index contributed by atoms with van der Waals surface area (Å²) >= 11 is 0. The molecule has 0 radical (unpaired) electrons. The molecule has 1 aliphatic carbocycles. The first-order chi connectivity index (χ1) is 4.38. The average molecular weight is 123 g/mol. The van der Waals surface area contributed by atoms with Gasteiger partial charge in [0.2, 0.25) is 0 Å². The van der Waals surface area contributed by atoms with Crippen molar-refractivity contribution in [3.05, 3.63) is 18.2 Å². The number of hydrogen-bond acceptors (Lipinski definition) is 2. The SMILES string of the molecule is N[C@H]1C[C@@H]1c1cnc[nH]1. The highest BCUT2D eigenvalue weighted by atomic mass is 14.9. The topological polar surface area (TPSA) is 54.7 Å². The van der Waals surface area contributed by atoms with E-state index < -0.39 is 0 Å². The van der Waals surface area contributed by atoms with E-state index in [2.05, 4.69) is 9.97 Å². The van der Waals surface area contributed by atoms with Crippen LogP contribution < -0.4 is 5.73 Å². The van der Waals surface area contributed by atoms with Gasteiger partial charge in [0, 0.05) is 23.9 Å². The van der Waals surface area contributed by atoms with Gasteiger partial charge >= 0.3 is 0 Å². The monoisotopic (exact) mass is 123 g/mol. The van der Waals surface area contributed by atoms with Gasteiger partial charge in [-0.2, -0.15) is 0 Å². The van der Waals surface area contributed by atoms with Crippen LogP contribution in [0, 0.1) is 0 Å². The standard InChI is InChI=1S/C6H9N3/c7-5-1-4(5)6-2-8-3-9-6/h2-5H,1,7H2,(H,8,9)/t4-,5-/m0/s1. The summed E-state index contributed by atoms with van der Waals surface area (Å²) in [5.74, 6) is 0.562. The van der Waals surface area contributed by atoms with Crippen molar-refractivity contribution in [2.24, 2.45) is 5.73 Å². The smallest absolute Gasteiger partial charge is 0.0921 e. The Morgan fingerprint density at radius 2 is 2.56 bits per heavy atom. The maximum atomic E-state index is 5.61. The molecule has 1 aliphatic rings. The van der Waals surface area contributed by atoms with Crippen LogP contribution in [0.4, 0.5) is 0 Å². The predicted molar refractivity (Wildman–Crippen MR) is 33.9 cm³/mol. The Balaban J connectivity index is 2.18. The van der Waals surface area contributed by atoms with Gasteiger partial charge in [-0.3, -0.25) is 0 Å². The quantitative estimate of drug-likeness (QED) is 0.561. The van der Waals surface area contributed by atoms with Crippen LogP contribution in [0.2, 0.25) is 0 Å². The summed E-state index contributed by atoms with van der Waals surface area (Å²) in [5.41, 5.74) is 6.79. The molecule has 3 N–H and O–H groups in total. The molecule has 0 aromatic carbocycles. The molecule has 2 atom stereocenters. The Labute approximate surface area is 53.3 Å². The summed E-state index contributed by atoms with van der Waals surface area (Å²) in [7, 11) is 0. The molecule has 48 valence electrons. The Bertz CT molecular complexity index is 192. The van der Waals surface area contributed by atoms with Crippen molar-refractivity contribution in [3.63, 3.8) is 0 Å². The van der Waals surface area contributed by atoms with Gasteiger partial charge in [0.15, 0.2) is 0 Å². The van der Waals surface area contributed by atoms with E-state index in [4.69, 9.17) is 5.73 Å². The van der Waals surface area contributed by atoms with Crippen LogP contribution in [0.15, 0.2) is 12.5 Å². The van der Waals surface area contributed by atoms with Crippen molar-refractivity contribution in [2.45, 2.75) is 18.4 Å². The molecule has 1 aromatic heterocycles. The van der Waals surface area contributed by atoms with Crippen LogP contribution in [0.5, 0.6) is 0 Å². The van der Waals surface area contributed by atoms with Crippen LogP contribution in [0.25, 0.3) is 0 Å². The fourth-order valence-corrected chi connectivity index (χ4v) is 1.04. The Kier molecular flexibility index (Phi) is 0.873. The molecule has 9 heavy (non-hydrogen) atoms. The predicted octanol–water partition coefficient (Wildman–Crippen LogP) is 0.224. The van der Waals surface area contributed by atoms with E-state index in [1.54, 1.807) is 6.33 Å². The normalized spacial score (nSPS) is 32.6. The summed E-state index contributed by atoms with van der Waals surface area (Å²) in [6.07, 6.45) is 4.65. The van der Waals surface area contributed by atoms with Gasteiger partial charge in [0.25, 0.3) is 0 Å². The van der Waals surface area contributed by atoms with Gasteiger partial charge in [-0.25, -0.2) is 4.98 Å². The molecular formula is C6H9N3. The van der Waals surface area contributed by atoms with Crippen molar-refractivity contribution < 1.29 is 0 Å². The molecular weight excluding hydrogens is 114 g/mol. The molecule has 0 bridgehead atoms. The van der Waals surface area contributed by atoms with E-state index in [0.29, 0.717) is 12.0 Å². The lowest BCUT2D eigenvalue weighted by Crippen LogP contribution is -2.00. The van der Waals surface area contributed by atoms with Gasteiger partial charge in [-0.05, 0) is 6.42 Å². The molecule has 3 nitrogen and oxygen atoms in total. The van der Waals surface area contributed by atoms with E-state index in [1.165, 1.54) is 5.69 Å². The van der Waals surface area contributed by atoms with Crippen LogP contribution in [-0.4, -0.2) is 16.0 Å². The highest BCUT2D eigenvalue weighted by Gasteiger charge is 2.35. The lowest BCUT2D eigenvalue weighted by molar-refractivity contribution is 0.958. The minimum absolute atomic E-state index is 0.380. The maximum Gasteiger partial charge on any atom is 0.0921 e. The van der Waals surface area contributed by atoms with Crippen LogP contribution >= 0.6 is 0 Å². The van der Waals surface area contributed by atoms with Crippen LogP contribution in [0.3, 0.4) is 0 Å². The number of nitrogens with zero attached hydrogens (tertiary/aromatic N) is 1. The summed E-state index contributed by atoms with van der Waals surface area (Å²) in [6.45, 7) is 0. The number of nitrogens with one attached hydrogen (secondary N) is 1. The zero-order chi connectivity index (χ0) is 6.27. The Morgan fingerprint density at radius 1 is 1.78 bits per heavy atom. The first-order valence-corrected chi connectivity index (χ1v) is 3.12. The minimum atomic E-state index is 0.380. The molecule has 1 fully saturated rings. The van der Waals surface area contributed by atoms with Crippen molar-refractivity contribution in [1.82, 2.24) is 9.97 Å². The highest BCUT2D eigenvalue weighted by Crippen LogP contribution is 2.37. The lowest BCUT2D eigenvalue weighted by Gasteiger charge is -1.86. The van der Waals surface area contributed by atoms with Gasteiger partial charge in [-0.1, -0.05) is 0 Å². The van der Waals surface area contributed by atoms with E-state index >= 15 is 0 Å². The zero-order valence-electron chi connectivity index (χ0n) is 5.04. The first kappa shape index (κ1) is 4.99. The third-order valence-corrected chi connectivity index (χ3v) is 1.76. The molecule has 0 aliphatic heterocycles. The summed E-state index contributed by atoms with van der Waals surface area (Å²) < 4.78 is 0. The molecule has 1 saturated carbocycles. The molecule has 2 rings (SSSR count). The third-order valence-electron chi connectivity index (χ3n) is 1.76. The number of aromatic amines is 1. The van der Waals surface area contributed by atoms with Gasteiger partial charge in [0.05, 0.1) is 6.33 Å². The molecule has 0 spiro atoms. The van der Waals surface area contributed by atoms with Crippen LogP contribution in [0.1, 0.15) is 18.0 Å². The fourth-order valence-electron chi connectivity index (χ4n) is 1.04. The van der Waals surface area contributed by atoms with Crippen molar-refractivity contribution in [1.29, 1.82) is 0 Å². The van der Waals surface area contributed by atoms with Crippen molar-refractivity contribution in [2.75, 3.05) is 0 Å². The molecule has 0 unspecified atom stereocenters. The van der Waals surface area contributed by atoms with Gasteiger partial charge in [0.1, 0.15) is 0 Å². The average Bonchev–Trinajstić information content (AvgIpc) is 2.44. The molecule has 1 heterocycles. The molecule has 1 aromatic rings. The second-order valence-corrected chi connectivity index (χ2v) is 2.51. The van der Waals surface area contributed by atoms with E-state index in [0.717, 1.165) is 6.42 Å². The first-order valence-electron chi connectivity index (χ1n) is 3.12. The van der Waals surface area contributed by atoms with Crippen molar-refractivity contribution in [3.8, 4) is 0 Å². The third kappa shape index (κ3) is 0.733. The largest absolute Gasteiger partial charge is 0.348 e. The number of rotatable bonds is 1. The summed E-state index contributed by atoms with van der Waals surface area (Å²) in [4.78, 5) is 6.95. The lowest BCUT2D eigenvalue weighted by atomic mass is 10.3. The van der Waals surface area contributed by atoms with E-state index in [9.17, 15) is 0 Å². The second kappa shape index (κ2) is 1.57. The van der Waals surface area contributed by atoms with Crippen LogP contribution in [-0.2, 0) is 0 Å². The Morgan fingerprint density at radius 3 is 3.00 bits per heavy atom. The molecule has 3 heteroatoms. The number of hydrogen-bond donors (Lipinski definition) is 2. The Hall–Kier alpha value is -0.830. The van der Waals surface area contributed by atoms with Gasteiger partial charge < -0.3 is 10.7 Å². The highest BCUT2D eigenvalue weighted by molar-refractivity contribution is 5.16. The zero-order valence-corrected chi connectivity index (χ0v) is 5.04. The minimum Gasteiger partial charge on any atom is -0.348 e. The summed E-state index contributed by atoms with van der Waals surface area (Å²) in [6, 6.07) is 0.380. The van der Waals surface area contributed by atoms with Crippen molar-refractivity contribution >= 4 is 0 Å². The number of aromatic nitrogens is 2. The number of H-pyrrole nitrogens is 1. The van der Waals surface area contributed by atoms with E-state index in [1.807, 2.05) is 6.20 Å². The van der Waals surface area contributed by atoms with E-state index in [-0.39, 0.29) is 0 Å². The maximum absolute atomic E-state index is 5.61. The summed E-state index contributed by atoms with van der Waals surface area (Å²) in [5, 5.41) is 0. The van der Waals surface area contributed by atoms with Gasteiger partial charge in [-0.15, -0.1) is 0 Å².